The van der Waals surface area contributed by atoms with E-state index in [0.29, 0.717) is 18.4 Å². The number of hydrogen-bond donors (Lipinski definition) is 1. The van der Waals surface area contributed by atoms with Gasteiger partial charge in [-0.2, -0.15) is 4.31 Å². The van der Waals surface area contributed by atoms with E-state index in [2.05, 4.69) is 22.3 Å². The molecule has 3 aromatic rings. The van der Waals surface area contributed by atoms with Crippen LogP contribution < -0.4 is 10.2 Å². The van der Waals surface area contributed by atoms with E-state index in [4.69, 9.17) is 4.52 Å². The lowest BCUT2D eigenvalue weighted by atomic mass is 9.97. The summed E-state index contributed by atoms with van der Waals surface area (Å²) in [4.78, 5) is 15.3. The monoisotopic (exact) mass is 566 g/mol. The Labute approximate surface area is 234 Å². The Hall–Kier alpha value is -3.50. The molecule has 2 saturated heterocycles. The number of nitrogens with one attached hydrogen (secondary N) is 1. The third-order valence-electron chi connectivity index (χ3n) is 7.86. The summed E-state index contributed by atoms with van der Waals surface area (Å²) in [7, 11) is -3.93. The van der Waals surface area contributed by atoms with Gasteiger partial charge >= 0.3 is 0 Å². The van der Waals surface area contributed by atoms with E-state index in [1.54, 1.807) is 25.1 Å². The van der Waals surface area contributed by atoms with Crippen molar-refractivity contribution in [2.45, 2.75) is 44.4 Å². The van der Waals surface area contributed by atoms with Crippen molar-refractivity contribution in [3.05, 3.63) is 71.4 Å². The van der Waals surface area contributed by atoms with Crippen LogP contribution >= 0.6 is 0 Å². The molecule has 2 aliphatic rings. The van der Waals surface area contributed by atoms with Crippen LogP contribution in [0.5, 0.6) is 0 Å². The summed E-state index contributed by atoms with van der Waals surface area (Å²) in [6.45, 7) is 6.35. The zero-order valence-electron chi connectivity index (χ0n) is 22.8. The molecule has 1 N–H and O–H groups in total. The number of halogens is 1. The number of anilines is 2. The first-order valence-electron chi connectivity index (χ1n) is 13.8. The van der Waals surface area contributed by atoms with Gasteiger partial charge in [-0.15, -0.1) is 0 Å². The number of carbonyl (C=O) groups excluding carboxylic acids is 1. The number of amides is 1. The van der Waals surface area contributed by atoms with Gasteiger partial charge < -0.3 is 14.7 Å². The molecule has 40 heavy (non-hydrogen) atoms. The summed E-state index contributed by atoms with van der Waals surface area (Å²) in [5.41, 5.74) is 2.44. The van der Waals surface area contributed by atoms with Crippen molar-refractivity contribution >= 4 is 39.5 Å². The summed E-state index contributed by atoms with van der Waals surface area (Å²) in [6, 6.07) is 14.1. The first kappa shape index (κ1) is 28.0. The van der Waals surface area contributed by atoms with E-state index < -0.39 is 15.8 Å². The quantitative estimate of drug-likeness (QED) is 0.402. The molecular formula is C30H35FN4O4S. The first-order valence-corrected chi connectivity index (χ1v) is 15.2. The number of sulfonamides is 1. The molecule has 10 heteroatoms. The minimum absolute atomic E-state index is 0.0359. The molecule has 3 heterocycles. The van der Waals surface area contributed by atoms with E-state index in [9.17, 15) is 17.6 Å². The average molecular weight is 567 g/mol. The Morgan fingerprint density at radius 2 is 1.68 bits per heavy atom. The number of rotatable bonds is 7. The topological polar surface area (TPSA) is 95.8 Å². The maximum Gasteiger partial charge on any atom is 0.248 e. The minimum atomic E-state index is -3.93. The second-order valence-corrected chi connectivity index (χ2v) is 12.6. The van der Waals surface area contributed by atoms with Gasteiger partial charge in [-0.3, -0.25) is 4.79 Å². The molecule has 1 aromatic heterocycles. The minimum Gasteiger partial charge on any atom is -0.372 e. The third-order valence-corrected chi connectivity index (χ3v) is 9.92. The molecule has 0 unspecified atom stereocenters. The van der Waals surface area contributed by atoms with E-state index in [-0.39, 0.29) is 41.3 Å². The highest BCUT2D eigenvalue weighted by molar-refractivity contribution is 7.89. The van der Waals surface area contributed by atoms with Crippen molar-refractivity contribution in [3.63, 3.8) is 0 Å². The van der Waals surface area contributed by atoms with Crippen LogP contribution in [-0.4, -0.2) is 50.0 Å². The Kier molecular flexibility index (Phi) is 8.37. The fourth-order valence-corrected chi connectivity index (χ4v) is 7.05. The van der Waals surface area contributed by atoms with Gasteiger partial charge in [0, 0.05) is 49.0 Å². The number of nitrogens with zero attached hydrogens (tertiary/aromatic N) is 3. The van der Waals surface area contributed by atoms with Gasteiger partial charge in [0.05, 0.1) is 0 Å². The molecule has 0 aliphatic carbocycles. The molecular weight excluding hydrogens is 531 g/mol. The van der Waals surface area contributed by atoms with E-state index in [1.165, 1.54) is 35.4 Å². The predicted molar refractivity (Wildman–Crippen MR) is 154 cm³/mol. The van der Waals surface area contributed by atoms with Gasteiger partial charge in [-0.25, -0.2) is 12.8 Å². The van der Waals surface area contributed by atoms with Gasteiger partial charge in [0.1, 0.15) is 11.5 Å². The van der Waals surface area contributed by atoms with Crippen LogP contribution in [0.1, 0.15) is 49.6 Å². The van der Waals surface area contributed by atoms with Crippen LogP contribution in [0, 0.1) is 24.6 Å². The maximum atomic E-state index is 14.0. The smallest absolute Gasteiger partial charge is 0.248 e. The summed E-state index contributed by atoms with van der Waals surface area (Å²) < 4.78 is 47.7. The number of aromatic nitrogens is 1. The van der Waals surface area contributed by atoms with E-state index in [0.717, 1.165) is 30.4 Å². The summed E-state index contributed by atoms with van der Waals surface area (Å²) in [6.07, 6.45) is 6.07. The van der Waals surface area contributed by atoms with Crippen molar-refractivity contribution in [2.24, 2.45) is 11.8 Å². The maximum absolute atomic E-state index is 14.0. The van der Waals surface area contributed by atoms with Crippen molar-refractivity contribution in [2.75, 3.05) is 36.4 Å². The molecule has 2 aliphatic heterocycles. The molecule has 0 spiro atoms. The Bertz CT molecular complexity index is 1470. The number of carbonyl (C=O) groups is 1. The molecule has 0 atom stereocenters. The number of benzene rings is 2. The van der Waals surface area contributed by atoms with Crippen LogP contribution in [0.3, 0.4) is 0 Å². The molecule has 0 saturated carbocycles. The van der Waals surface area contributed by atoms with Gasteiger partial charge in [0.2, 0.25) is 15.9 Å². The average Bonchev–Trinajstić information content (AvgIpc) is 3.34. The van der Waals surface area contributed by atoms with Gasteiger partial charge in [0.15, 0.2) is 10.7 Å². The van der Waals surface area contributed by atoms with Crippen molar-refractivity contribution in [3.8, 4) is 0 Å². The second kappa shape index (κ2) is 11.9. The largest absolute Gasteiger partial charge is 0.372 e. The lowest BCUT2D eigenvalue weighted by Gasteiger charge is -2.32. The van der Waals surface area contributed by atoms with E-state index >= 15 is 0 Å². The summed E-state index contributed by atoms with van der Waals surface area (Å²) in [5.74, 6) is -0.0125. The molecule has 0 bridgehead atoms. The fraction of sp³-hybridized carbons (Fsp3) is 0.400. The standard InChI is InChI=1S/C30H35FN4O4S/c1-21-13-17-34(18-14-21)26-10-8-25(9-11-26)32-30(36)24-15-19-35(20-16-24)40(37,38)29-22(2)33-39-28(29)12-7-23-5-3-4-6-27(23)31/h3-12,21,24H,13-20H2,1-2H3,(H,32,36)/b12-7+. The third kappa shape index (κ3) is 6.13. The first-order chi connectivity index (χ1) is 19.2. The highest BCUT2D eigenvalue weighted by Gasteiger charge is 2.36. The van der Waals surface area contributed by atoms with Crippen LogP contribution in [0.4, 0.5) is 15.8 Å². The number of hydrogen-bond acceptors (Lipinski definition) is 6. The normalized spacial score (nSPS) is 17.9. The highest BCUT2D eigenvalue weighted by Crippen LogP contribution is 2.30. The molecule has 1 amide bonds. The zero-order chi connectivity index (χ0) is 28.3. The Morgan fingerprint density at radius 3 is 2.35 bits per heavy atom. The highest BCUT2D eigenvalue weighted by atomic mass is 32.2. The van der Waals surface area contributed by atoms with Crippen LogP contribution in [0.25, 0.3) is 12.2 Å². The fourth-order valence-electron chi connectivity index (χ4n) is 5.33. The number of piperidine rings is 2. The zero-order valence-corrected chi connectivity index (χ0v) is 23.7. The van der Waals surface area contributed by atoms with E-state index in [1.807, 2.05) is 24.3 Å². The summed E-state index contributed by atoms with van der Waals surface area (Å²) >= 11 is 0. The molecule has 212 valence electrons. The van der Waals surface area contributed by atoms with Crippen LogP contribution in [-0.2, 0) is 14.8 Å². The Morgan fingerprint density at radius 1 is 1.00 bits per heavy atom. The predicted octanol–water partition coefficient (Wildman–Crippen LogP) is 5.57. The van der Waals surface area contributed by atoms with Gasteiger partial charge in [-0.1, -0.05) is 30.3 Å². The summed E-state index contributed by atoms with van der Waals surface area (Å²) in [5, 5.41) is 6.84. The second-order valence-electron chi connectivity index (χ2n) is 10.7. The lowest BCUT2D eigenvalue weighted by molar-refractivity contribution is -0.120. The lowest BCUT2D eigenvalue weighted by Crippen LogP contribution is -2.41. The molecule has 5 rings (SSSR count). The molecule has 2 aromatic carbocycles. The van der Waals surface area contributed by atoms with Crippen LogP contribution in [0.2, 0.25) is 0 Å². The SMILES string of the molecule is Cc1noc(/C=C/c2ccccc2F)c1S(=O)(=O)N1CCC(C(=O)Nc2ccc(N3CCC(C)CC3)cc2)CC1. The number of aryl methyl sites for hydroxylation is 1. The molecule has 0 radical (unpaired) electrons. The van der Waals surface area contributed by atoms with Crippen molar-refractivity contribution in [1.29, 1.82) is 0 Å². The van der Waals surface area contributed by atoms with Crippen molar-refractivity contribution < 1.29 is 22.1 Å². The van der Waals surface area contributed by atoms with Crippen LogP contribution in [0.15, 0.2) is 57.9 Å². The van der Waals surface area contributed by atoms with Crippen molar-refractivity contribution in [1.82, 2.24) is 9.46 Å². The van der Waals surface area contributed by atoms with Gasteiger partial charge in [0.25, 0.3) is 0 Å². The Balaban J connectivity index is 1.19. The molecule has 2 fully saturated rings. The molecule has 8 nitrogen and oxygen atoms in total. The van der Waals surface area contributed by atoms with Gasteiger partial charge in [-0.05, 0) is 81.0 Å².